The number of carbonyl (C=O) groups is 3. The molecule has 3 heterocycles. The van der Waals surface area contributed by atoms with Crippen molar-refractivity contribution in [3.63, 3.8) is 0 Å². The number of aromatic nitrogens is 3. The largest absolute Gasteiger partial charge is 0.449 e. The van der Waals surface area contributed by atoms with Gasteiger partial charge in [-0.05, 0) is 50.4 Å². The van der Waals surface area contributed by atoms with Crippen molar-refractivity contribution in [2.75, 3.05) is 6.54 Å². The van der Waals surface area contributed by atoms with Crippen LogP contribution in [0.5, 0.6) is 0 Å². The predicted octanol–water partition coefficient (Wildman–Crippen LogP) is 3.85. The first kappa shape index (κ1) is 23.1. The number of amides is 3. The van der Waals surface area contributed by atoms with Crippen molar-refractivity contribution in [3.05, 3.63) is 65.2 Å². The number of imide groups is 1. The maximum Gasteiger partial charge on any atom is 0.339 e. The van der Waals surface area contributed by atoms with E-state index in [2.05, 4.69) is 15.7 Å². The van der Waals surface area contributed by atoms with Crippen LogP contribution < -0.4 is 10.6 Å². The van der Waals surface area contributed by atoms with Crippen LogP contribution in [0.15, 0.2) is 53.9 Å². The van der Waals surface area contributed by atoms with E-state index in [1.807, 2.05) is 47.8 Å². The van der Waals surface area contributed by atoms with Crippen molar-refractivity contribution in [3.8, 4) is 16.3 Å². The number of aryl methyl sites for hydroxylation is 1. The fraction of sp³-hybridized carbons (Fsp3) is 0.208. The molecule has 3 amide bonds. The monoisotopic (exact) mass is 477 g/mol. The van der Waals surface area contributed by atoms with Crippen molar-refractivity contribution in [1.82, 2.24) is 25.4 Å². The van der Waals surface area contributed by atoms with E-state index in [0.29, 0.717) is 29.0 Å². The molecule has 9 nitrogen and oxygen atoms in total. The Labute approximate surface area is 199 Å². The maximum atomic E-state index is 13.2. The molecule has 10 heteroatoms. The maximum absolute atomic E-state index is 13.2. The summed E-state index contributed by atoms with van der Waals surface area (Å²) in [7, 11) is 0. The van der Waals surface area contributed by atoms with Gasteiger partial charge < -0.3 is 10.1 Å². The number of esters is 1. The lowest BCUT2D eigenvalue weighted by Gasteiger charge is -2.14. The third kappa shape index (κ3) is 4.67. The minimum Gasteiger partial charge on any atom is -0.449 e. The highest BCUT2D eigenvalue weighted by atomic mass is 32.1. The molecule has 0 radical (unpaired) electrons. The smallest absolute Gasteiger partial charge is 0.339 e. The number of urea groups is 1. The van der Waals surface area contributed by atoms with Crippen LogP contribution in [-0.4, -0.2) is 45.3 Å². The molecule has 1 atom stereocenters. The third-order valence-corrected chi connectivity index (χ3v) is 5.93. The van der Waals surface area contributed by atoms with Crippen LogP contribution in [0.1, 0.15) is 29.9 Å². The molecule has 2 N–H and O–H groups in total. The van der Waals surface area contributed by atoms with Gasteiger partial charge in [0.05, 0.1) is 32.9 Å². The van der Waals surface area contributed by atoms with Gasteiger partial charge in [0.1, 0.15) is 0 Å². The SMILES string of the molecule is CCNC(=O)NC(=O)[C@H](C)OC(=O)c1cc(-c2cccs2)nc2c1c(C)nn2-c1ccccc1. The number of para-hydroxylation sites is 1. The summed E-state index contributed by atoms with van der Waals surface area (Å²) in [6.07, 6.45) is -1.19. The average Bonchev–Trinajstić information content (AvgIpc) is 3.47. The van der Waals surface area contributed by atoms with Gasteiger partial charge in [-0.2, -0.15) is 5.10 Å². The Morgan fingerprint density at radius 1 is 1.15 bits per heavy atom. The van der Waals surface area contributed by atoms with Crippen LogP contribution >= 0.6 is 11.3 Å². The number of pyridine rings is 1. The van der Waals surface area contributed by atoms with Gasteiger partial charge in [-0.15, -0.1) is 11.3 Å². The van der Waals surface area contributed by atoms with Crippen LogP contribution in [0.4, 0.5) is 4.79 Å². The van der Waals surface area contributed by atoms with Gasteiger partial charge in [-0.25, -0.2) is 19.3 Å². The van der Waals surface area contributed by atoms with Gasteiger partial charge in [-0.3, -0.25) is 10.1 Å². The second kappa shape index (κ2) is 9.84. The number of nitrogens with zero attached hydrogens (tertiary/aromatic N) is 3. The van der Waals surface area contributed by atoms with Gasteiger partial charge in [-0.1, -0.05) is 24.3 Å². The van der Waals surface area contributed by atoms with Crippen molar-refractivity contribution in [2.24, 2.45) is 0 Å². The van der Waals surface area contributed by atoms with Gasteiger partial charge in [0.15, 0.2) is 11.8 Å². The average molecular weight is 478 g/mol. The van der Waals surface area contributed by atoms with Crippen LogP contribution in [0, 0.1) is 6.92 Å². The molecule has 0 spiro atoms. The van der Waals surface area contributed by atoms with E-state index in [1.54, 1.807) is 24.6 Å². The number of carbonyl (C=O) groups excluding carboxylic acids is 3. The lowest BCUT2D eigenvalue weighted by atomic mass is 10.1. The number of thiophene rings is 1. The molecule has 3 aromatic heterocycles. The molecule has 4 aromatic rings. The van der Waals surface area contributed by atoms with E-state index in [4.69, 9.17) is 9.72 Å². The van der Waals surface area contributed by atoms with Crippen LogP contribution in [0.3, 0.4) is 0 Å². The Morgan fingerprint density at radius 2 is 1.91 bits per heavy atom. The summed E-state index contributed by atoms with van der Waals surface area (Å²) in [6.45, 7) is 5.28. The van der Waals surface area contributed by atoms with Gasteiger partial charge in [0, 0.05) is 6.54 Å². The molecule has 0 aliphatic carbocycles. The first-order chi connectivity index (χ1) is 16.4. The van der Waals surface area contributed by atoms with Crippen molar-refractivity contribution >= 4 is 40.3 Å². The number of ether oxygens (including phenoxy) is 1. The van der Waals surface area contributed by atoms with E-state index in [9.17, 15) is 14.4 Å². The van der Waals surface area contributed by atoms with Gasteiger partial charge >= 0.3 is 12.0 Å². The van der Waals surface area contributed by atoms with E-state index in [1.165, 1.54) is 18.3 Å². The topological polar surface area (TPSA) is 115 Å². The molecule has 0 aliphatic rings. The zero-order valence-corrected chi connectivity index (χ0v) is 19.7. The molecule has 0 unspecified atom stereocenters. The van der Waals surface area contributed by atoms with Crippen molar-refractivity contribution in [1.29, 1.82) is 0 Å². The number of hydrogen-bond donors (Lipinski definition) is 2. The Balaban J connectivity index is 1.75. The first-order valence-electron chi connectivity index (χ1n) is 10.7. The summed E-state index contributed by atoms with van der Waals surface area (Å²) in [5.41, 5.74) is 2.72. The number of fused-ring (bicyclic) bond motifs is 1. The summed E-state index contributed by atoms with van der Waals surface area (Å²) in [5, 5.41) is 11.7. The fourth-order valence-corrected chi connectivity index (χ4v) is 4.13. The zero-order chi connectivity index (χ0) is 24.2. The quantitative estimate of drug-likeness (QED) is 0.408. The van der Waals surface area contributed by atoms with Crippen LogP contribution in [0.25, 0.3) is 27.3 Å². The van der Waals surface area contributed by atoms with Crippen molar-refractivity contribution < 1.29 is 19.1 Å². The lowest BCUT2D eigenvalue weighted by Crippen LogP contribution is -2.44. The van der Waals surface area contributed by atoms with E-state index < -0.39 is 24.0 Å². The van der Waals surface area contributed by atoms with Crippen molar-refractivity contribution in [2.45, 2.75) is 26.9 Å². The molecule has 0 bridgehead atoms. The Hall–Kier alpha value is -4.05. The number of benzene rings is 1. The highest BCUT2D eigenvalue weighted by molar-refractivity contribution is 7.13. The molecule has 0 aliphatic heterocycles. The second-order valence-corrected chi connectivity index (χ2v) is 8.41. The number of rotatable bonds is 6. The third-order valence-electron chi connectivity index (χ3n) is 5.03. The molecule has 0 fully saturated rings. The van der Waals surface area contributed by atoms with E-state index in [-0.39, 0.29) is 5.56 Å². The second-order valence-electron chi connectivity index (χ2n) is 7.46. The molecular weight excluding hydrogens is 454 g/mol. The Morgan fingerprint density at radius 3 is 2.59 bits per heavy atom. The number of hydrogen-bond acceptors (Lipinski definition) is 7. The fourth-order valence-electron chi connectivity index (χ4n) is 3.45. The summed E-state index contributed by atoms with van der Waals surface area (Å²) in [5.74, 6) is -1.43. The first-order valence-corrected chi connectivity index (χ1v) is 11.6. The highest BCUT2D eigenvalue weighted by Gasteiger charge is 2.26. The Kier molecular flexibility index (Phi) is 6.69. The normalized spacial score (nSPS) is 11.7. The molecule has 1 aromatic carbocycles. The van der Waals surface area contributed by atoms with Crippen LogP contribution in [0.2, 0.25) is 0 Å². The molecule has 0 saturated carbocycles. The Bertz CT molecular complexity index is 1350. The summed E-state index contributed by atoms with van der Waals surface area (Å²) < 4.78 is 7.12. The molecule has 34 heavy (non-hydrogen) atoms. The molecule has 0 saturated heterocycles. The predicted molar refractivity (Wildman–Crippen MR) is 129 cm³/mol. The lowest BCUT2D eigenvalue weighted by molar-refractivity contribution is -0.127. The number of nitrogens with one attached hydrogen (secondary N) is 2. The van der Waals surface area contributed by atoms with E-state index in [0.717, 1.165) is 10.6 Å². The molecule has 174 valence electrons. The summed E-state index contributed by atoms with van der Waals surface area (Å²) in [4.78, 5) is 42.9. The highest BCUT2D eigenvalue weighted by Crippen LogP contribution is 2.31. The minimum absolute atomic E-state index is 0.241. The summed E-state index contributed by atoms with van der Waals surface area (Å²) >= 11 is 1.49. The van der Waals surface area contributed by atoms with Gasteiger partial charge in [0.25, 0.3) is 5.91 Å². The molecule has 4 rings (SSSR count). The molecular formula is C24H23N5O4S. The zero-order valence-electron chi connectivity index (χ0n) is 18.9. The van der Waals surface area contributed by atoms with E-state index >= 15 is 0 Å². The van der Waals surface area contributed by atoms with Crippen LogP contribution in [-0.2, 0) is 9.53 Å². The minimum atomic E-state index is -1.19. The standard InChI is InChI=1S/C24H23N5O4S/c1-4-25-24(32)27-22(30)15(3)33-23(31)17-13-18(19-11-8-12-34-19)26-21-20(17)14(2)28-29(21)16-9-6-5-7-10-16/h5-13,15H,4H2,1-3H3,(H2,25,27,30,32)/t15-/m0/s1. The summed E-state index contributed by atoms with van der Waals surface area (Å²) in [6, 6.07) is 14.3. The van der Waals surface area contributed by atoms with Gasteiger partial charge in [0.2, 0.25) is 0 Å².